The molecule has 0 N–H and O–H groups in total. The van der Waals surface area contributed by atoms with Crippen LogP contribution in [-0.4, -0.2) is 10.8 Å². The fourth-order valence-electron chi connectivity index (χ4n) is 3.12. The second-order valence-corrected chi connectivity index (χ2v) is 5.76. The van der Waals surface area contributed by atoms with Gasteiger partial charge in [-0.25, -0.2) is 0 Å². The molecule has 1 aliphatic rings. The molecule has 19 heavy (non-hydrogen) atoms. The van der Waals surface area contributed by atoms with Crippen molar-refractivity contribution in [2.24, 2.45) is 0 Å². The maximum absolute atomic E-state index is 11.8. The molecule has 0 saturated carbocycles. The summed E-state index contributed by atoms with van der Waals surface area (Å²) >= 11 is 0. The van der Waals surface area contributed by atoms with E-state index in [4.69, 9.17) is 0 Å². The largest absolute Gasteiger partial charge is 0.294 e. The normalized spacial score (nSPS) is 17.4. The molecule has 1 aromatic rings. The zero-order valence-electron chi connectivity index (χ0n) is 12.3. The van der Waals surface area contributed by atoms with E-state index in [0.29, 0.717) is 0 Å². The van der Waals surface area contributed by atoms with Gasteiger partial charge in [0, 0.05) is 17.0 Å². The van der Waals surface area contributed by atoms with Gasteiger partial charge in [0.05, 0.1) is 0 Å². The van der Waals surface area contributed by atoms with E-state index in [2.05, 4.69) is 11.1 Å². The lowest BCUT2D eigenvalue weighted by Gasteiger charge is -2.13. The van der Waals surface area contributed by atoms with Crippen LogP contribution < -0.4 is 0 Å². The van der Waals surface area contributed by atoms with Crippen molar-refractivity contribution >= 4 is 5.78 Å². The zero-order chi connectivity index (χ0) is 13.7. The SMILES string of the molecule is CC(=O)c1c2cc(nc1C)CCCCCCCCC2. The fraction of sp³-hybridized carbons (Fsp3) is 0.647. The number of aromatic nitrogens is 1. The average molecular weight is 259 g/mol. The molecule has 1 heterocycles. The van der Waals surface area contributed by atoms with E-state index in [0.717, 1.165) is 24.1 Å². The number of fused-ring (bicyclic) bond motifs is 2. The predicted octanol–water partition coefficient (Wildman–Crippen LogP) is 4.42. The van der Waals surface area contributed by atoms with Crippen LogP contribution >= 0.6 is 0 Å². The summed E-state index contributed by atoms with van der Waals surface area (Å²) in [7, 11) is 0. The Hall–Kier alpha value is -1.18. The maximum atomic E-state index is 11.8. The molecular formula is C17H25NO. The monoisotopic (exact) mass is 259 g/mol. The van der Waals surface area contributed by atoms with Crippen LogP contribution in [0.1, 0.15) is 79.2 Å². The summed E-state index contributed by atoms with van der Waals surface area (Å²) in [4.78, 5) is 16.4. The third-order valence-corrected chi connectivity index (χ3v) is 4.07. The van der Waals surface area contributed by atoms with Gasteiger partial charge in [-0.3, -0.25) is 9.78 Å². The van der Waals surface area contributed by atoms with E-state index in [1.807, 2.05) is 6.92 Å². The van der Waals surface area contributed by atoms with Crippen LogP contribution in [0.3, 0.4) is 0 Å². The number of nitrogens with zero attached hydrogens (tertiary/aromatic N) is 1. The first kappa shape index (κ1) is 14.2. The number of Topliss-reactive ketones (excluding diaryl/α,β-unsaturated/α-hetero) is 1. The van der Waals surface area contributed by atoms with Gasteiger partial charge in [-0.2, -0.15) is 0 Å². The first-order valence-corrected chi connectivity index (χ1v) is 7.69. The molecule has 2 bridgehead atoms. The third kappa shape index (κ3) is 3.89. The first-order valence-electron chi connectivity index (χ1n) is 7.69. The van der Waals surface area contributed by atoms with Crippen molar-refractivity contribution in [2.45, 2.75) is 71.6 Å². The van der Waals surface area contributed by atoms with Gasteiger partial charge in [0.25, 0.3) is 0 Å². The minimum Gasteiger partial charge on any atom is -0.294 e. The van der Waals surface area contributed by atoms with Crippen LogP contribution in [-0.2, 0) is 12.8 Å². The molecule has 0 spiro atoms. The van der Waals surface area contributed by atoms with Crippen LogP contribution in [0.25, 0.3) is 0 Å². The topological polar surface area (TPSA) is 30.0 Å². The molecule has 2 heteroatoms. The zero-order valence-corrected chi connectivity index (χ0v) is 12.3. The second-order valence-electron chi connectivity index (χ2n) is 5.76. The third-order valence-electron chi connectivity index (χ3n) is 4.07. The molecule has 1 aliphatic carbocycles. The molecule has 0 radical (unpaired) electrons. The van der Waals surface area contributed by atoms with Crippen LogP contribution in [0, 0.1) is 6.92 Å². The van der Waals surface area contributed by atoms with Crippen LogP contribution in [0.15, 0.2) is 6.07 Å². The van der Waals surface area contributed by atoms with E-state index in [-0.39, 0.29) is 5.78 Å². The van der Waals surface area contributed by atoms with Crippen molar-refractivity contribution in [1.29, 1.82) is 0 Å². The van der Waals surface area contributed by atoms with Gasteiger partial charge in [-0.05, 0) is 51.2 Å². The quantitative estimate of drug-likeness (QED) is 0.699. The van der Waals surface area contributed by atoms with Gasteiger partial charge in [-0.15, -0.1) is 0 Å². The highest BCUT2D eigenvalue weighted by molar-refractivity contribution is 5.96. The number of carbonyl (C=O) groups is 1. The van der Waals surface area contributed by atoms with Crippen molar-refractivity contribution in [3.8, 4) is 0 Å². The number of rotatable bonds is 1. The number of carbonyl (C=O) groups excluding carboxylic acids is 1. The lowest BCUT2D eigenvalue weighted by molar-refractivity contribution is 0.101. The van der Waals surface area contributed by atoms with Crippen LogP contribution in [0.2, 0.25) is 0 Å². The first-order chi connectivity index (χ1) is 9.18. The van der Waals surface area contributed by atoms with Crippen LogP contribution in [0.5, 0.6) is 0 Å². The lowest BCUT2D eigenvalue weighted by atomic mass is 9.95. The van der Waals surface area contributed by atoms with E-state index in [1.54, 1.807) is 6.92 Å². The average Bonchev–Trinajstić information content (AvgIpc) is 2.34. The fourth-order valence-corrected chi connectivity index (χ4v) is 3.12. The Balaban J connectivity index is 2.29. The minimum absolute atomic E-state index is 0.165. The Bertz CT molecular complexity index is 451. The highest BCUT2D eigenvalue weighted by Gasteiger charge is 2.14. The van der Waals surface area contributed by atoms with E-state index in [9.17, 15) is 4.79 Å². The molecular weight excluding hydrogens is 234 g/mol. The molecule has 104 valence electrons. The summed E-state index contributed by atoms with van der Waals surface area (Å²) in [5.41, 5.74) is 4.21. The highest BCUT2D eigenvalue weighted by Crippen LogP contribution is 2.21. The standard InChI is InChI=1S/C17H25NO/c1-13-17(14(2)19)15-10-8-6-4-3-5-7-9-11-16(12-15)18-13/h12H,3-11H2,1-2H3. The highest BCUT2D eigenvalue weighted by atomic mass is 16.1. The van der Waals surface area contributed by atoms with Gasteiger partial charge in [0.1, 0.15) is 0 Å². The minimum atomic E-state index is 0.165. The molecule has 0 fully saturated rings. The van der Waals surface area contributed by atoms with E-state index >= 15 is 0 Å². The maximum Gasteiger partial charge on any atom is 0.161 e. The molecule has 0 aromatic carbocycles. The van der Waals surface area contributed by atoms with Gasteiger partial charge in [0.15, 0.2) is 5.78 Å². The smallest absolute Gasteiger partial charge is 0.161 e. The Morgan fingerprint density at radius 2 is 1.58 bits per heavy atom. The molecule has 2 nitrogen and oxygen atoms in total. The van der Waals surface area contributed by atoms with Crippen molar-refractivity contribution in [2.75, 3.05) is 0 Å². The molecule has 1 aromatic heterocycles. The molecule has 0 aliphatic heterocycles. The number of ketones is 1. The number of hydrogen-bond donors (Lipinski definition) is 0. The second kappa shape index (κ2) is 6.83. The van der Waals surface area contributed by atoms with Crippen molar-refractivity contribution in [3.63, 3.8) is 0 Å². The van der Waals surface area contributed by atoms with Crippen LogP contribution in [0.4, 0.5) is 0 Å². The molecule has 2 rings (SSSR count). The summed E-state index contributed by atoms with van der Waals surface area (Å²) in [6.45, 7) is 3.64. The lowest BCUT2D eigenvalue weighted by Crippen LogP contribution is -2.08. The Labute approximate surface area is 116 Å². The summed E-state index contributed by atoms with van der Waals surface area (Å²) < 4.78 is 0. The number of pyridine rings is 1. The molecule has 0 unspecified atom stereocenters. The van der Waals surface area contributed by atoms with Gasteiger partial charge in [0.2, 0.25) is 0 Å². The molecule has 0 amide bonds. The van der Waals surface area contributed by atoms with Crippen molar-refractivity contribution in [3.05, 3.63) is 28.6 Å². The van der Waals surface area contributed by atoms with Gasteiger partial charge in [-0.1, -0.05) is 32.1 Å². The number of hydrogen-bond acceptors (Lipinski definition) is 2. The molecule has 0 atom stereocenters. The Morgan fingerprint density at radius 3 is 2.21 bits per heavy atom. The van der Waals surface area contributed by atoms with E-state index in [1.165, 1.54) is 56.2 Å². The van der Waals surface area contributed by atoms with Gasteiger partial charge >= 0.3 is 0 Å². The summed E-state index contributed by atoms with van der Waals surface area (Å²) in [6.07, 6.45) is 11.2. The Morgan fingerprint density at radius 1 is 1.00 bits per heavy atom. The van der Waals surface area contributed by atoms with E-state index < -0.39 is 0 Å². The predicted molar refractivity (Wildman–Crippen MR) is 78.7 cm³/mol. The number of aryl methyl sites for hydroxylation is 3. The van der Waals surface area contributed by atoms with Gasteiger partial charge < -0.3 is 0 Å². The summed E-state index contributed by atoms with van der Waals surface area (Å²) in [5, 5.41) is 0. The Kier molecular flexibility index (Phi) is 5.12. The molecule has 0 saturated heterocycles. The summed E-state index contributed by atoms with van der Waals surface area (Å²) in [5.74, 6) is 0.165. The van der Waals surface area contributed by atoms with Crippen molar-refractivity contribution < 1.29 is 4.79 Å². The summed E-state index contributed by atoms with van der Waals surface area (Å²) in [6, 6.07) is 2.19. The van der Waals surface area contributed by atoms with Crippen molar-refractivity contribution in [1.82, 2.24) is 4.98 Å².